The number of rotatable bonds is 5. The second kappa shape index (κ2) is 7.57. The van der Waals surface area contributed by atoms with Gasteiger partial charge in [-0.15, -0.1) is 0 Å². The van der Waals surface area contributed by atoms with Gasteiger partial charge >= 0.3 is 6.03 Å². The predicted octanol–water partition coefficient (Wildman–Crippen LogP) is 3.52. The highest BCUT2D eigenvalue weighted by molar-refractivity contribution is 5.90. The molecule has 1 unspecified atom stereocenters. The van der Waals surface area contributed by atoms with E-state index in [1.54, 1.807) is 12.0 Å². The number of nitrogens with one attached hydrogen (secondary N) is 1. The molecule has 5 nitrogen and oxygen atoms in total. The van der Waals surface area contributed by atoms with Gasteiger partial charge in [0.25, 0.3) is 0 Å². The normalized spacial score (nSPS) is 15.6. The third-order valence-corrected chi connectivity index (χ3v) is 4.77. The lowest BCUT2D eigenvalue weighted by atomic mass is 10.1. The molecule has 2 N–H and O–H groups in total. The molecule has 2 aromatic carbocycles. The minimum atomic E-state index is -0.202. The van der Waals surface area contributed by atoms with E-state index in [1.165, 1.54) is 11.1 Å². The number of hydrogen-bond acceptors (Lipinski definition) is 3. The highest BCUT2D eigenvalue weighted by Gasteiger charge is 2.30. The molecular formula is C20H24N2O3. The number of anilines is 1. The van der Waals surface area contributed by atoms with Crippen molar-refractivity contribution in [3.8, 4) is 5.75 Å². The Balaban J connectivity index is 1.83. The van der Waals surface area contributed by atoms with Crippen LogP contribution < -0.4 is 10.1 Å². The molecular weight excluding hydrogens is 316 g/mol. The van der Waals surface area contributed by atoms with Crippen molar-refractivity contribution in [1.82, 2.24) is 4.90 Å². The Morgan fingerprint density at radius 2 is 2.12 bits per heavy atom. The van der Waals surface area contributed by atoms with Crippen LogP contribution in [-0.4, -0.2) is 36.3 Å². The summed E-state index contributed by atoms with van der Waals surface area (Å²) in [5.74, 6) is 0.695. The summed E-state index contributed by atoms with van der Waals surface area (Å²) in [6.45, 7) is 2.17. The van der Waals surface area contributed by atoms with Crippen LogP contribution in [0.5, 0.6) is 5.75 Å². The minimum Gasteiger partial charge on any atom is -0.497 e. The summed E-state index contributed by atoms with van der Waals surface area (Å²) in [4.78, 5) is 14.6. The average Bonchev–Trinajstić information content (AvgIpc) is 3.05. The van der Waals surface area contributed by atoms with E-state index >= 15 is 0 Å². The van der Waals surface area contributed by atoms with Crippen LogP contribution in [0.15, 0.2) is 42.5 Å². The van der Waals surface area contributed by atoms with E-state index in [0.717, 1.165) is 24.1 Å². The molecule has 0 aromatic heterocycles. The number of methoxy groups -OCH3 is 1. The van der Waals surface area contributed by atoms with Crippen molar-refractivity contribution in [2.45, 2.75) is 25.8 Å². The first-order chi connectivity index (χ1) is 12.1. The fourth-order valence-corrected chi connectivity index (χ4v) is 3.41. The fraction of sp³-hybridized carbons (Fsp3) is 0.350. The Morgan fingerprint density at radius 1 is 1.32 bits per heavy atom. The molecule has 1 aliphatic carbocycles. The summed E-state index contributed by atoms with van der Waals surface area (Å²) in [6, 6.07) is 13.6. The number of ether oxygens (including phenoxy) is 1. The van der Waals surface area contributed by atoms with E-state index in [-0.39, 0.29) is 18.7 Å². The second-order valence-corrected chi connectivity index (χ2v) is 6.28. The number of benzene rings is 2. The van der Waals surface area contributed by atoms with E-state index in [0.29, 0.717) is 12.3 Å². The quantitative estimate of drug-likeness (QED) is 0.875. The molecule has 2 amide bonds. The smallest absolute Gasteiger partial charge is 0.322 e. The molecule has 0 bridgehead atoms. The predicted molar refractivity (Wildman–Crippen MR) is 98.0 cm³/mol. The van der Waals surface area contributed by atoms with Crippen LogP contribution >= 0.6 is 0 Å². The zero-order valence-electron chi connectivity index (χ0n) is 14.7. The maximum absolute atomic E-state index is 12.9. The van der Waals surface area contributed by atoms with Crippen LogP contribution in [0.25, 0.3) is 0 Å². The van der Waals surface area contributed by atoms with Crippen molar-refractivity contribution in [2.75, 3.05) is 25.6 Å². The molecule has 25 heavy (non-hydrogen) atoms. The summed E-state index contributed by atoms with van der Waals surface area (Å²) < 4.78 is 5.24. The van der Waals surface area contributed by atoms with Crippen LogP contribution in [0.4, 0.5) is 10.5 Å². The van der Waals surface area contributed by atoms with Crippen LogP contribution in [0.2, 0.25) is 0 Å². The standard InChI is InChI=1S/C20H24N2O3/c1-14-7-9-16(25-2)13-18(14)21-20(24)22(11-12-23)19-10-8-15-5-3-4-6-17(15)19/h3-7,9,13,19,23H,8,10-12H2,1-2H3,(H,21,24). The Kier molecular flexibility index (Phi) is 5.24. The number of aryl methyl sites for hydroxylation is 2. The van der Waals surface area contributed by atoms with Crippen LogP contribution in [0.1, 0.15) is 29.2 Å². The second-order valence-electron chi connectivity index (χ2n) is 6.28. The Labute approximate surface area is 148 Å². The molecule has 0 aliphatic heterocycles. The van der Waals surface area contributed by atoms with Crippen molar-refractivity contribution in [3.05, 3.63) is 59.2 Å². The minimum absolute atomic E-state index is 0.00531. The first kappa shape index (κ1) is 17.3. The van der Waals surface area contributed by atoms with Gasteiger partial charge < -0.3 is 20.1 Å². The number of urea groups is 1. The van der Waals surface area contributed by atoms with Gasteiger partial charge in [-0.1, -0.05) is 30.3 Å². The number of hydrogen-bond donors (Lipinski definition) is 2. The fourth-order valence-electron chi connectivity index (χ4n) is 3.41. The molecule has 0 saturated heterocycles. The Bertz CT molecular complexity index is 760. The van der Waals surface area contributed by atoms with E-state index < -0.39 is 0 Å². The van der Waals surface area contributed by atoms with Gasteiger partial charge in [0.1, 0.15) is 5.75 Å². The lowest BCUT2D eigenvalue weighted by Crippen LogP contribution is -2.39. The number of carbonyl (C=O) groups excluding carboxylic acids is 1. The molecule has 0 heterocycles. The number of fused-ring (bicyclic) bond motifs is 1. The zero-order valence-corrected chi connectivity index (χ0v) is 14.7. The molecule has 0 spiro atoms. The van der Waals surface area contributed by atoms with Gasteiger partial charge in [-0.3, -0.25) is 0 Å². The van der Waals surface area contributed by atoms with Gasteiger partial charge in [-0.05, 0) is 42.5 Å². The molecule has 1 atom stereocenters. The molecule has 0 radical (unpaired) electrons. The lowest BCUT2D eigenvalue weighted by Gasteiger charge is -2.29. The van der Waals surface area contributed by atoms with Crippen molar-refractivity contribution in [1.29, 1.82) is 0 Å². The van der Waals surface area contributed by atoms with Gasteiger partial charge in [0, 0.05) is 18.3 Å². The molecule has 2 aromatic rings. The highest BCUT2D eigenvalue weighted by Crippen LogP contribution is 2.36. The molecule has 5 heteroatoms. The van der Waals surface area contributed by atoms with Gasteiger partial charge in [0.05, 0.1) is 19.8 Å². The van der Waals surface area contributed by atoms with Crippen molar-refractivity contribution in [2.24, 2.45) is 0 Å². The number of amides is 2. The van der Waals surface area contributed by atoms with Gasteiger partial charge in [-0.25, -0.2) is 4.79 Å². The topological polar surface area (TPSA) is 61.8 Å². The van der Waals surface area contributed by atoms with Crippen LogP contribution in [0.3, 0.4) is 0 Å². The monoisotopic (exact) mass is 340 g/mol. The van der Waals surface area contributed by atoms with E-state index in [1.807, 2.05) is 37.3 Å². The SMILES string of the molecule is COc1ccc(C)c(NC(=O)N(CCO)C2CCc3ccccc32)c1. The van der Waals surface area contributed by atoms with E-state index in [4.69, 9.17) is 4.74 Å². The third-order valence-electron chi connectivity index (χ3n) is 4.77. The molecule has 0 saturated carbocycles. The first-order valence-electron chi connectivity index (χ1n) is 8.55. The van der Waals surface area contributed by atoms with Crippen LogP contribution in [0, 0.1) is 6.92 Å². The van der Waals surface area contributed by atoms with Crippen molar-refractivity contribution < 1.29 is 14.6 Å². The summed E-state index contributed by atoms with van der Waals surface area (Å²) in [5.41, 5.74) is 4.14. The van der Waals surface area contributed by atoms with E-state index in [9.17, 15) is 9.90 Å². The molecule has 1 aliphatic rings. The van der Waals surface area contributed by atoms with Crippen molar-refractivity contribution in [3.63, 3.8) is 0 Å². The molecule has 0 fully saturated rings. The number of nitrogens with zero attached hydrogens (tertiary/aromatic N) is 1. The number of carbonyl (C=O) groups is 1. The average molecular weight is 340 g/mol. The van der Waals surface area contributed by atoms with Gasteiger partial charge in [0.2, 0.25) is 0 Å². The third kappa shape index (κ3) is 3.61. The van der Waals surface area contributed by atoms with Crippen LogP contribution in [-0.2, 0) is 6.42 Å². The number of aliphatic hydroxyl groups excluding tert-OH is 1. The lowest BCUT2D eigenvalue weighted by molar-refractivity contribution is 0.162. The van der Waals surface area contributed by atoms with Gasteiger partial charge in [0.15, 0.2) is 0 Å². The zero-order chi connectivity index (χ0) is 17.8. The summed E-state index contributed by atoms with van der Waals surface area (Å²) in [7, 11) is 1.60. The highest BCUT2D eigenvalue weighted by atomic mass is 16.5. The van der Waals surface area contributed by atoms with Crippen molar-refractivity contribution >= 4 is 11.7 Å². The Hall–Kier alpha value is -2.53. The van der Waals surface area contributed by atoms with E-state index in [2.05, 4.69) is 17.4 Å². The maximum atomic E-state index is 12.9. The first-order valence-corrected chi connectivity index (χ1v) is 8.55. The Morgan fingerprint density at radius 3 is 2.88 bits per heavy atom. The molecule has 132 valence electrons. The summed E-state index contributed by atoms with van der Waals surface area (Å²) in [5, 5.41) is 12.4. The summed E-state index contributed by atoms with van der Waals surface area (Å²) >= 11 is 0. The summed E-state index contributed by atoms with van der Waals surface area (Å²) in [6.07, 6.45) is 1.83. The number of aliphatic hydroxyl groups is 1. The maximum Gasteiger partial charge on any atom is 0.322 e. The largest absolute Gasteiger partial charge is 0.497 e. The van der Waals surface area contributed by atoms with Gasteiger partial charge in [-0.2, -0.15) is 0 Å². The molecule has 3 rings (SSSR count).